The van der Waals surface area contributed by atoms with Crippen LogP contribution in [-0.4, -0.2) is 15.0 Å². The van der Waals surface area contributed by atoms with Crippen LogP contribution in [0.4, 0.5) is 0 Å². The Morgan fingerprint density at radius 3 is 1.75 bits per heavy atom. The number of hydrogen-bond donors (Lipinski definition) is 0. The van der Waals surface area contributed by atoms with Gasteiger partial charge in [0.15, 0.2) is 17.5 Å². The number of benzene rings is 6. The number of nitrogens with zero attached hydrogens (tertiary/aromatic N) is 3. The van der Waals surface area contributed by atoms with E-state index in [2.05, 4.69) is 66.7 Å². The van der Waals surface area contributed by atoms with Crippen LogP contribution >= 0.6 is 11.3 Å². The molecule has 9 rings (SSSR count). The zero-order valence-corrected chi connectivity index (χ0v) is 24.3. The minimum Gasteiger partial charge on any atom is -0.455 e. The first-order valence-corrected chi connectivity index (χ1v) is 15.4. The topological polar surface area (TPSA) is 51.8 Å². The van der Waals surface area contributed by atoms with Crippen molar-refractivity contribution in [1.29, 1.82) is 0 Å². The highest BCUT2D eigenvalue weighted by Gasteiger charge is 2.20. The van der Waals surface area contributed by atoms with Crippen molar-refractivity contribution in [2.75, 3.05) is 0 Å². The van der Waals surface area contributed by atoms with E-state index in [1.54, 1.807) is 11.3 Å². The first-order valence-electron chi connectivity index (χ1n) is 14.5. The Morgan fingerprint density at radius 2 is 1.00 bits per heavy atom. The van der Waals surface area contributed by atoms with Crippen LogP contribution in [0.15, 0.2) is 144 Å². The molecule has 6 aromatic carbocycles. The third-order valence-corrected chi connectivity index (χ3v) is 9.36. The van der Waals surface area contributed by atoms with Gasteiger partial charge in [0, 0.05) is 53.2 Å². The third kappa shape index (κ3) is 3.94. The molecule has 0 spiro atoms. The van der Waals surface area contributed by atoms with E-state index in [1.165, 1.54) is 15.5 Å². The van der Waals surface area contributed by atoms with Gasteiger partial charge in [0.2, 0.25) is 0 Å². The first kappa shape index (κ1) is 24.9. The van der Waals surface area contributed by atoms with E-state index in [-0.39, 0.29) is 0 Å². The molecule has 0 saturated carbocycles. The van der Waals surface area contributed by atoms with Crippen LogP contribution in [0.5, 0.6) is 0 Å². The lowest BCUT2D eigenvalue weighted by atomic mass is 9.97. The molecule has 0 radical (unpaired) electrons. The quantitative estimate of drug-likeness (QED) is 0.207. The van der Waals surface area contributed by atoms with Gasteiger partial charge < -0.3 is 4.42 Å². The highest BCUT2D eigenvalue weighted by Crippen LogP contribution is 2.45. The van der Waals surface area contributed by atoms with E-state index < -0.39 is 0 Å². The number of rotatable bonds is 4. The number of hydrogen-bond acceptors (Lipinski definition) is 5. The predicted molar refractivity (Wildman–Crippen MR) is 182 cm³/mol. The third-order valence-electron chi connectivity index (χ3n) is 8.16. The monoisotopic (exact) mass is 581 g/mol. The summed E-state index contributed by atoms with van der Waals surface area (Å²) in [6, 6.07) is 47.9. The Morgan fingerprint density at radius 1 is 0.432 bits per heavy atom. The lowest BCUT2D eigenvalue weighted by molar-refractivity contribution is 0.670. The molecule has 44 heavy (non-hydrogen) atoms. The van der Waals surface area contributed by atoms with Crippen LogP contribution in [-0.2, 0) is 0 Å². The van der Waals surface area contributed by atoms with Crippen LogP contribution in [0, 0.1) is 0 Å². The molecule has 0 aliphatic rings. The summed E-state index contributed by atoms with van der Waals surface area (Å²) in [7, 11) is 0. The number of furan rings is 1. The van der Waals surface area contributed by atoms with Crippen molar-refractivity contribution in [1.82, 2.24) is 15.0 Å². The first-order chi connectivity index (χ1) is 21.8. The zero-order chi connectivity index (χ0) is 29.0. The van der Waals surface area contributed by atoms with Gasteiger partial charge in [0.25, 0.3) is 0 Å². The van der Waals surface area contributed by atoms with Gasteiger partial charge in [-0.3, -0.25) is 0 Å². The average molecular weight is 582 g/mol. The van der Waals surface area contributed by atoms with Gasteiger partial charge >= 0.3 is 0 Å². The van der Waals surface area contributed by atoms with Crippen LogP contribution in [0.25, 0.3) is 87.4 Å². The molecule has 0 bridgehead atoms. The second-order valence-electron chi connectivity index (χ2n) is 10.8. The van der Waals surface area contributed by atoms with Crippen molar-refractivity contribution >= 4 is 53.4 Å². The summed E-state index contributed by atoms with van der Waals surface area (Å²) >= 11 is 1.77. The lowest BCUT2D eigenvalue weighted by Gasteiger charge is -2.09. The smallest absolute Gasteiger partial charge is 0.165 e. The van der Waals surface area contributed by atoms with E-state index in [4.69, 9.17) is 19.4 Å². The fourth-order valence-electron chi connectivity index (χ4n) is 6.14. The molecule has 206 valence electrons. The maximum atomic E-state index is 6.46. The van der Waals surface area contributed by atoms with Crippen molar-refractivity contribution in [3.8, 4) is 45.3 Å². The van der Waals surface area contributed by atoms with E-state index in [9.17, 15) is 0 Å². The minimum atomic E-state index is 0.657. The SMILES string of the molecule is c1ccc(-c2nc(-c3ccccc3)nc(-c3cccc4c3sc3cccc(-c5cccc6c5oc5ccccc56)c34)n2)cc1. The molecule has 5 heteroatoms. The van der Waals surface area contributed by atoms with Gasteiger partial charge in [-0.05, 0) is 23.8 Å². The Labute approximate surface area is 256 Å². The van der Waals surface area contributed by atoms with E-state index >= 15 is 0 Å². The summed E-state index contributed by atoms with van der Waals surface area (Å²) in [5, 5.41) is 4.65. The fourth-order valence-corrected chi connectivity index (χ4v) is 7.37. The van der Waals surface area contributed by atoms with Crippen molar-refractivity contribution in [2.45, 2.75) is 0 Å². The maximum Gasteiger partial charge on any atom is 0.165 e. The molecule has 0 fully saturated rings. The summed E-state index contributed by atoms with van der Waals surface area (Å²) in [4.78, 5) is 15.0. The Bertz CT molecular complexity index is 2440. The number of aromatic nitrogens is 3. The molecule has 0 N–H and O–H groups in total. The van der Waals surface area contributed by atoms with Gasteiger partial charge in [0.1, 0.15) is 11.2 Å². The van der Waals surface area contributed by atoms with Crippen molar-refractivity contribution in [3.05, 3.63) is 140 Å². The van der Waals surface area contributed by atoms with Crippen molar-refractivity contribution < 1.29 is 4.42 Å². The van der Waals surface area contributed by atoms with Gasteiger partial charge in [-0.1, -0.05) is 121 Å². The maximum absolute atomic E-state index is 6.46. The molecule has 4 nitrogen and oxygen atoms in total. The molecule has 0 aliphatic carbocycles. The highest BCUT2D eigenvalue weighted by atomic mass is 32.1. The van der Waals surface area contributed by atoms with Gasteiger partial charge in [-0.25, -0.2) is 15.0 Å². The summed E-state index contributed by atoms with van der Waals surface area (Å²) in [6.07, 6.45) is 0. The lowest BCUT2D eigenvalue weighted by Crippen LogP contribution is -2.00. The van der Waals surface area contributed by atoms with Gasteiger partial charge in [-0.2, -0.15) is 0 Å². The van der Waals surface area contributed by atoms with Crippen LogP contribution < -0.4 is 0 Å². The Kier molecular flexibility index (Phi) is 5.64. The van der Waals surface area contributed by atoms with Crippen LogP contribution in [0.2, 0.25) is 0 Å². The Hall–Kier alpha value is -5.65. The molecule has 0 saturated heterocycles. The predicted octanol–water partition coefficient (Wildman–Crippen LogP) is 10.8. The standard InChI is InChI=1S/C39H23N3OS/c1-3-12-24(13-4-1)37-40-38(25-14-5-2-6-15-25)42-39(41-37)31-21-10-20-30-34-27(17-11-23-33(34)44-36(30)31)29-19-9-18-28-26-16-7-8-22-32(26)43-35(28)29/h1-23H. The molecule has 9 aromatic rings. The zero-order valence-electron chi connectivity index (χ0n) is 23.4. The molecule has 0 amide bonds. The van der Waals surface area contributed by atoms with Crippen molar-refractivity contribution in [3.63, 3.8) is 0 Å². The summed E-state index contributed by atoms with van der Waals surface area (Å²) in [6.45, 7) is 0. The number of para-hydroxylation sites is 2. The van der Waals surface area contributed by atoms with Crippen molar-refractivity contribution in [2.24, 2.45) is 0 Å². The van der Waals surface area contributed by atoms with Gasteiger partial charge in [0.05, 0.1) is 0 Å². The second-order valence-corrected chi connectivity index (χ2v) is 11.8. The largest absolute Gasteiger partial charge is 0.455 e. The molecular formula is C39H23N3OS. The molecule has 0 aliphatic heterocycles. The molecular weight excluding hydrogens is 559 g/mol. The normalized spacial score (nSPS) is 11.6. The average Bonchev–Trinajstić information content (AvgIpc) is 3.68. The van der Waals surface area contributed by atoms with E-state index in [0.717, 1.165) is 54.5 Å². The number of fused-ring (bicyclic) bond motifs is 6. The minimum absolute atomic E-state index is 0.657. The summed E-state index contributed by atoms with van der Waals surface area (Å²) in [5.41, 5.74) is 6.96. The van der Waals surface area contributed by atoms with E-state index in [1.807, 2.05) is 72.8 Å². The second kappa shape index (κ2) is 9.97. The summed E-state index contributed by atoms with van der Waals surface area (Å²) < 4.78 is 8.81. The van der Waals surface area contributed by atoms with Crippen LogP contribution in [0.3, 0.4) is 0 Å². The van der Waals surface area contributed by atoms with Crippen LogP contribution in [0.1, 0.15) is 0 Å². The molecule has 3 heterocycles. The van der Waals surface area contributed by atoms with Gasteiger partial charge in [-0.15, -0.1) is 11.3 Å². The Balaban J connectivity index is 1.29. The van der Waals surface area contributed by atoms with E-state index in [0.29, 0.717) is 17.5 Å². The molecule has 0 unspecified atom stereocenters. The highest BCUT2D eigenvalue weighted by molar-refractivity contribution is 7.26. The molecule has 3 aromatic heterocycles. The molecule has 0 atom stereocenters. The fraction of sp³-hybridized carbons (Fsp3) is 0. The summed E-state index contributed by atoms with van der Waals surface area (Å²) in [5.74, 6) is 1.98. The number of thiophene rings is 1.